The number of halogens is 2. The van der Waals surface area contributed by atoms with Crippen LogP contribution >= 0.6 is 0 Å². The zero-order chi connectivity index (χ0) is 17.7. The van der Waals surface area contributed by atoms with Gasteiger partial charge in [0.15, 0.2) is 0 Å². The summed E-state index contributed by atoms with van der Waals surface area (Å²) < 4.78 is 26.7. The van der Waals surface area contributed by atoms with E-state index in [1.807, 2.05) is 6.92 Å². The van der Waals surface area contributed by atoms with Gasteiger partial charge >= 0.3 is 0 Å². The van der Waals surface area contributed by atoms with Gasteiger partial charge in [-0.3, -0.25) is 9.69 Å². The summed E-state index contributed by atoms with van der Waals surface area (Å²) in [5.41, 5.74) is 0.438. The number of carbonyl (C=O) groups excluding carboxylic acids is 1. The zero-order valence-electron chi connectivity index (χ0n) is 14.6. The highest BCUT2D eigenvalue weighted by atomic mass is 19.1. The molecule has 2 atom stereocenters. The van der Waals surface area contributed by atoms with Gasteiger partial charge in [0.1, 0.15) is 11.6 Å². The van der Waals surface area contributed by atoms with Crippen LogP contribution in [0.3, 0.4) is 0 Å². The second kappa shape index (κ2) is 8.53. The Morgan fingerprint density at radius 1 is 1.38 bits per heavy atom. The summed E-state index contributed by atoms with van der Waals surface area (Å²) in [7, 11) is 0. The van der Waals surface area contributed by atoms with Crippen molar-refractivity contribution in [3.05, 3.63) is 35.4 Å². The summed E-state index contributed by atoms with van der Waals surface area (Å²) in [5, 5.41) is 6.19. The number of rotatable bonds is 7. The minimum atomic E-state index is -0.573. The predicted molar refractivity (Wildman–Crippen MR) is 90.5 cm³/mol. The molecule has 1 saturated heterocycles. The number of amides is 1. The molecule has 6 heteroatoms. The average Bonchev–Trinajstić information content (AvgIpc) is 2.89. The van der Waals surface area contributed by atoms with Gasteiger partial charge in [0, 0.05) is 43.9 Å². The van der Waals surface area contributed by atoms with Crippen molar-refractivity contribution in [2.45, 2.75) is 45.8 Å². The Balaban J connectivity index is 1.97. The van der Waals surface area contributed by atoms with Crippen molar-refractivity contribution in [3.8, 4) is 0 Å². The second-order valence-electron chi connectivity index (χ2n) is 6.81. The van der Waals surface area contributed by atoms with Crippen LogP contribution in [0.2, 0.25) is 0 Å². The van der Waals surface area contributed by atoms with Crippen LogP contribution in [0, 0.1) is 17.6 Å². The first-order chi connectivity index (χ1) is 11.4. The van der Waals surface area contributed by atoms with Gasteiger partial charge in [0.05, 0.1) is 6.04 Å². The zero-order valence-corrected chi connectivity index (χ0v) is 14.6. The van der Waals surface area contributed by atoms with Crippen LogP contribution in [-0.2, 0) is 11.3 Å². The van der Waals surface area contributed by atoms with Crippen molar-refractivity contribution in [2.75, 3.05) is 19.6 Å². The Kier molecular flexibility index (Phi) is 6.69. The summed E-state index contributed by atoms with van der Waals surface area (Å²) >= 11 is 0. The lowest BCUT2D eigenvalue weighted by molar-refractivity contribution is -0.125. The van der Waals surface area contributed by atoms with Gasteiger partial charge < -0.3 is 10.6 Å². The third kappa shape index (κ3) is 4.98. The summed E-state index contributed by atoms with van der Waals surface area (Å²) in [6.45, 7) is 8.71. The molecule has 2 N–H and O–H groups in total. The molecule has 1 aliphatic rings. The van der Waals surface area contributed by atoms with Crippen LogP contribution in [0.4, 0.5) is 8.78 Å². The Labute approximate surface area is 142 Å². The number of hydrogen-bond donors (Lipinski definition) is 2. The summed E-state index contributed by atoms with van der Waals surface area (Å²) in [4.78, 5) is 14.5. The molecule has 1 aliphatic heterocycles. The number of nitrogens with zero attached hydrogens (tertiary/aromatic N) is 1. The van der Waals surface area contributed by atoms with Crippen LogP contribution in [0.15, 0.2) is 18.2 Å². The fourth-order valence-corrected chi connectivity index (χ4v) is 3.21. The first-order valence-electron chi connectivity index (χ1n) is 8.59. The molecule has 1 aromatic carbocycles. The van der Waals surface area contributed by atoms with Crippen LogP contribution in [0.5, 0.6) is 0 Å². The van der Waals surface area contributed by atoms with Crippen molar-refractivity contribution in [3.63, 3.8) is 0 Å². The molecule has 0 aromatic heterocycles. The molecule has 1 aromatic rings. The standard InChI is InChI=1S/C18H27F2N3O/c1-4-21-18(24)17-8-15(11-23(17)10-12(2)3)22-9-13-5-6-14(19)7-16(13)20/h5-7,12,15,17,22H,4,8-11H2,1-3H3,(H,21,24)/t15-,17-/m0/s1. The maximum atomic E-state index is 13.7. The summed E-state index contributed by atoms with van der Waals surface area (Å²) in [5.74, 6) is -0.595. The van der Waals surface area contributed by atoms with Crippen molar-refractivity contribution >= 4 is 5.91 Å². The van der Waals surface area contributed by atoms with Gasteiger partial charge in [0.2, 0.25) is 5.91 Å². The smallest absolute Gasteiger partial charge is 0.237 e. The average molecular weight is 339 g/mol. The summed E-state index contributed by atoms with van der Waals surface area (Å²) in [6.07, 6.45) is 0.696. The molecule has 0 radical (unpaired) electrons. The van der Waals surface area contributed by atoms with E-state index in [-0.39, 0.29) is 18.0 Å². The monoisotopic (exact) mass is 339 g/mol. The van der Waals surface area contributed by atoms with E-state index in [4.69, 9.17) is 0 Å². The highest BCUT2D eigenvalue weighted by Crippen LogP contribution is 2.20. The number of benzene rings is 1. The lowest BCUT2D eigenvalue weighted by Gasteiger charge is -2.24. The van der Waals surface area contributed by atoms with Gasteiger partial charge in [-0.15, -0.1) is 0 Å². The third-order valence-corrected chi connectivity index (χ3v) is 4.25. The van der Waals surface area contributed by atoms with E-state index in [9.17, 15) is 13.6 Å². The highest BCUT2D eigenvalue weighted by Gasteiger charge is 2.36. The highest BCUT2D eigenvalue weighted by molar-refractivity contribution is 5.82. The molecular formula is C18H27F2N3O. The number of hydrogen-bond acceptors (Lipinski definition) is 3. The van der Waals surface area contributed by atoms with Gasteiger partial charge in [-0.2, -0.15) is 0 Å². The van der Waals surface area contributed by atoms with E-state index in [2.05, 4.69) is 29.4 Å². The molecule has 1 heterocycles. The molecule has 134 valence electrons. The topological polar surface area (TPSA) is 44.4 Å². The molecule has 0 saturated carbocycles. The van der Waals surface area contributed by atoms with Crippen molar-refractivity contribution in [2.24, 2.45) is 5.92 Å². The van der Waals surface area contributed by atoms with Crippen molar-refractivity contribution in [1.29, 1.82) is 0 Å². The van der Waals surface area contributed by atoms with E-state index in [1.54, 1.807) is 0 Å². The Morgan fingerprint density at radius 2 is 2.12 bits per heavy atom. The fourth-order valence-electron chi connectivity index (χ4n) is 3.21. The Morgan fingerprint density at radius 3 is 2.75 bits per heavy atom. The molecule has 0 bridgehead atoms. The molecular weight excluding hydrogens is 312 g/mol. The normalized spacial score (nSPS) is 21.4. The maximum absolute atomic E-state index is 13.7. The Bertz CT molecular complexity index is 565. The van der Waals surface area contributed by atoms with E-state index < -0.39 is 11.6 Å². The molecule has 0 spiro atoms. The van der Waals surface area contributed by atoms with Gasteiger partial charge in [0.25, 0.3) is 0 Å². The van der Waals surface area contributed by atoms with Crippen LogP contribution in [0.1, 0.15) is 32.8 Å². The fraction of sp³-hybridized carbons (Fsp3) is 0.611. The molecule has 4 nitrogen and oxygen atoms in total. The number of likely N-dealkylation sites (N-methyl/N-ethyl adjacent to an activating group) is 1. The lowest BCUT2D eigenvalue weighted by atomic mass is 10.1. The van der Waals surface area contributed by atoms with Crippen LogP contribution in [-0.4, -0.2) is 42.5 Å². The number of likely N-dealkylation sites (tertiary alicyclic amines) is 1. The van der Waals surface area contributed by atoms with Crippen LogP contribution < -0.4 is 10.6 Å². The van der Waals surface area contributed by atoms with E-state index >= 15 is 0 Å². The minimum Gasteiger partial charge on any atom is -0.355 e. The maximum Gasteiger partial charge on any atom is 0.237 e. The third-order valence-electron chi connectivity index (χ3n) is 4.25. The van der Waals surface area contributed by atoms with E-state index in [0.29, 0.717) is 31.0 Å². The van der Waals surface area contributed by atoms with Crippen LogP contribution in [0.25, 0.3) is 0 Å². The SMILES string of the molecule is CCNC(=O)[C@@H]1C[C@H](NCc2ccc(F)cc2F)CN1CC(C)C. The number of carbonyl (C=O) groups is 1. The summed E-state index contributed by atoms with van der Waals surface area (Å²) in [6, 6.07) is 3.58. The molecule has 0 aliphatic carbocycles. The van der Waals surface area contributed by atoms with Crippen molar-refractivity contribution in [1.82, 2.24) is 15.5 Å². The molecule has 24 heavy (non-hydrogen) atoms. The van der Waals surface area contributed by atoms with Gasteiger partial charge in [-0.25, -0.2) is 8.78 Å². The lowest BCUT2D eigenvalue weighted by Crippen LogP contribution is -2.44. The predicted octanol–water partition coefficient (Wildman–Crippen LogP) is 2.29. The van der Waals surface area contributed by atoms with E-state index in [1.165, 1.54) is 12.1 Å². The molecule has 2 rings (SSSR count). The first kappa shape index (κ1) is 18.8. The minimum absolute atomic E-state index is 0.0513. The first-order valence-corrected chi connectivity index (χ1v) is 8.59. The van der Waals surface area contributed by atoms with Gasteiger partial charge in [-0.05, 0) is 25.3 Å². The molecule has 1 amide bonds. The van der Waals surface area contributed by atoms with E-state index in [0.717, 1.165) is 19.2 Å². The largest absolute Gasteiger partial charge is 0.355 e. The molecule has 0 unspecified atom stereocenters. The van der Waals surface area contributed by atoms with Gasteiger partial charge in [-0.1, -0.05) is 19.9 Å². The number of nitrogens with one attached hydrogen (secondary N) is 2. The molecule has 1 fully saturated rings. The van der Waals surface area contributed by atoms with Crippen molar-refractivity contribution < 1.29 is 13.6 Å². The second-order valence-corrected chi connectivity index (χ2v) is 6.81. The Hall–Kier alpha value is -1.53. The quantitative estimate of drug-likeness (QED) is 0.801.